The second-order valence-electron chi connectivity index (χ2n) is 7.32. The van der Waals surface area contributed by atoms with E-state index < -0.39 is 16.1 Å². The third-order valence-electron chi connectivity index (χ3n) is 5.03. The minimum absolute atomic E-state index is 0.0732. The van der Waals surface area contributed by atoms with E-state index in [0.717, 1.165) is 5.76 Å². The van der Waals surface area contributed by atoms with Crippen LogP contribution < -0.4 is 14.4 Å². The second-order valence-corrected chi connectivity index (χ2v) is 9.21. The molecule has 7 nitrogen and oxygen atoms in total. The van der Waals surface area contributed by atoms with Gasteiger partial charge in [0.2, 0.25) is 10.0 Å². The second kappa shape index (κ2) is 9.26. The first-order valence-electron chi connectivity index (χ1n) is 10.1. The Morgan fingerprint density at radius 1 is 1.03 bits per heavy atom. The topological polar surface area (TPSA) is 88.9 Å². The highest BCUT2D eigenvalue weighted by molar-refractivity contribution is 7.92. The standard InChI is InChI=1S/C23H24N2O5S/c26-23(24-14-6-10-19-11-7-15-29-19)22-16-25(20-12-4-5-13-21(20)30-22)31(27,28)17-18-8-2-1-3-9-18/h1-5,7-9,11-13,15,22H,6,10,14,16-17H2,(H,24,26). The molecule has 0 saturated heterocycles. The van der Waals surface area contributed by atoms with Crippen LogP contribution in [0.15, 0.2) is 77.4 Å². The minimum atomic E-state index is -3.71. The number of fused-ring (bicyclic) bond motifs is 1. The van der Waals surface area contributed by atoms with Crippen LogP contribution in [0.1, 0.15) is 17.7 Å². The summed E-state index contributed by atoms with van der Waals surface area (Å²) in [5.41, 5.74) is 1.13. The molecule has 0 spiro atoms. The molecule has 2 aromatic carbocycles. The number of furan rings is 1. The quantitative estimate of drug-likeness (QED) is 0.544. The lowest BCUT2D eigenvalue weighted by Crippen LogP contribution is -2.51. The molecule has 0 saturated carbocycles. The molecular formula is C23H24N2O5S. The first-order valence-corrected chi connectivity index (χ1v) is 11.7. The molecule has 1 aromatic heterocycles. The summed E-state index contributed by atoms with van der Waals surface area (Å²) >= 11 is 0. The number of anilines is 1. The Morgan fingerprint density at radius 3 is 2.58 bits per heavy atom. The fourth-order valence-corrected chi connectivity index (χ4v) is 5.09. The number of benzene rings is 2. The summed E-state index contributed by atoms with van der Waals surface area (Å²) in [6, 6.07) is 19.6. The van der Waals surface area contributed by atoms with Crippen LogP contribution in [0.4, 0.5) is 5.69 Å². The molecule has 31 heavy (non-hydrogen) atoms. The van der Waals surface area contributed by atoms with E-state index in [4.69, 9.17) is 9.15 Å². The van der Waals surface area contributed by atoms with Crippen LogP contribution in [-0.2, 0) is 27.0 Å². The van der Waals surface area contributed by atoms with E-state index in [1.165, 1.54) is 4.31 Å². The highest BCUT2D eigenvalue weighted by Crippen LogP contribution is 2.35. The van der Waals surface area contributed by atoms with Crippen LogP contribution in [-0.4, -0.2) is 33.5 Å². The van der Waals surface area contributed by atoms with Crippen LogP contribution >= 0.6 is 0 Å². The molecule has 0 aliphatic carbocycles. The number of nitrogens with zero attached hydrogens (tertiary/aromatic N) is 1. The lowest BCUT2D eigenvalue weighted by Gasteiger charge is -2.34. The van der Waals surface area contributed by atoms with Crippen molar-refractivity contribution in [2.24, 2.45) is 0 Å². The van der Waals surface area contributed by atoms with E-state index >= 15 is 0 Å². The molecule has 4 rings (SSSR count). The first-order chi connectivity index (χ1) is 15.0. The normalized spacial score (nSPS) is 15.7. The van der Waals surface area contributed by atoms with Gasteiger partial charge in [-0.2, -0.15) is 0 Å². The van der Waals surface area contributed by atoms with E-state index in [0.29, 0.717) is 36.4 Å². The van der Waals surface area contributed by atoms with Gasteiger partial charge in [-0.05, 0) is 36.2 Å². The number of para-hydroxylation sites is 2. The van der Waals surface area contributed by atoms with Gasteiger partial charge in [0.05, 0.1) is 24.2 Å². The van der Waals surface area contributed by atoms with Gasteiger partial charge in [-0.25, -0.2) is 8.42 Å². The van der Waals surface area contributed by atoms with Gasteiger partial charge in [-0.15, -0.1) is 0 Å². The number of hydrogen-bond acceptors (Lipinski definition) is 5. The van der Waals surface area contributed by atoms with Gasteiger partial charge in [0.1, 0.15) is 11.5 Å². The van der Waals surface area contributed by atoms with E-state index in [-0.39, 0.29) is 18.2 Å². The first kappa shape index (κ1) is 21.0. The predicted octanol–water partition coefficient (Wildman–Crippen LogP) is 3.13. The number of carbonyl (C=O) groups excluding carboxylic acids is 1. The van der Waals surface area contributed by atoms with Crippen molar-refractivity contribution in [3.63, 3.8) is 0 Å². The maximum atomic E-state index is 13.2. The summed E-state index contributed by atoms with van der Waals surface area (Å²) in [5.74, 6) is 0.741. The number of ether oxygens (including phenoxy) is 1. The fourth-order valence-electron chi connectivity index (χ4n) is 3.51. The van der Waals surface area contributed by atoms with Gasteiger partial charge in [0.25, 0.3) is 5.91 Å². The number of nitrogens with one attached hydrogen (secondary N) is 1. The Hall–Kier alpha value is -3.26. The Balaban J connectivity index is 1.45. The zero-order valence-electron chi connectivity index (χ0n) is 16.9. The van der Waals surface area contributed by atoms with Crippen LogP contribution in [0.5, 0.6) is 5.75 Å². The van der Waals surface area contributed by atoms with Crippen molar-refractivity contribution in [2.45, 2.75) is 24.7 Å². The van der Waals surface area contributed by atoms with Crippen molar-refractivity contribution in [3.8, 4) is 5.75 Å². The van der Waals surface area contributed by atoms with Crippen molar-refractivity contribution in [1.82, 2.24) is 5.32 Å². The highest BCUT2D eigenvalue weighted by Gasteiger charge is 2.36. The van der Waals surface area contributed by atoms with Gasteiger partial charge < -0.3 is 14.5 Å². The molecule has 1 atom stereocenters. The monoisotopic (exact) mass is 440 g/mol. The van der Waals surface area contributed by atoms with Crippen molar-refractivity contribution in [2.75, 3.05) is 17.4 Å². The van der Waals surface area contributed by atoms with Crippen LogP contribution in [0.3, 0.4) is 0 Å². The maximum absolute atomic E-state index is 13.2. The third-order valence-corrected chi connectivity index (χ3v) is 6.75. The number of aryl methyl sites for hydroxylation is 1. The van der Waals surface area contributed by atoms with Crippen molar-refractivity contribution < 1.29 is 22.4 Å². The predicted molar refractivity (Wildman–Crippen MR) is 117 cm³/mol. The average Bonchev–Trinajstić information content (AvgIpc) is 3.30. The molecular weight excluding hydrogens is 416 g/mol. The van der Waals surface area contributed by atoms with E-state index in [1.807, 2.05) is 18.2 Å². The van der Waals surface area contributed by atoms with Gasteiger partial charge in [0, 0.05) is 13.0 Å². The van der Waals surface area contributed by atoms with Crippen molar-refractivity contribution in [1.29, 1.82) is 0 Å². The van der Waals surface area contributed by atoms with E-state index in [2.05, 4.69) is 5.32 Å². The molecule has 1 unspecified atom stereocenters. The Labute approximate surface area is 181 Å². The van der Waals surface area contributed by atoms with Crippen molar-refractivity contribution >= 4 is 21.6 Å². The van der Waals surface area contributed by atoms with Crippen molar-refractivity contribution in [3.05, 3.63) is 84.3 Å². The lowest BCUT2D eigenvalue weighted by molar-refractivity contribution is -0.127. The Morgan fingerprint density at radius 2 is 1.81 bits per heavy atom. The zero-order chi connectivity index (χ0) is 21.7. The van der Waals surface area contributed by atoms with Gasteiger partial charge >= 0.3 is 0 Å². The number of hydrogen-bond donors (Lipinski definition) is 1. The number of amides is 1. The third kappa shape index (κ3) is 5.08. The molecule has 0 bridgehead atoms. The summed E-state index contributed by atoms with van der Waals surface area (Å²) in [6.45, 7) is 0.369. The SMILES string of the molecule is O=C(NCCCc1ccco1)C1CN(S(=O)(=O)Cc2ccccc2)c2ccccc2O1. The summed E-state index contributed by atoms with van der Waals surface area (Å²) in [5, 5.41) is 2.84. The summed E-state index contributed by atoms with van der Waals surface area (Å²) in [4.78, 5) is 12.7. The summed E-state index contributed by atoms with van der Waals surface area (Å²) < 4.78 is 38.8. The molecule has 1 aliphatic rings. The molecule has 1 aliphatic heterocycles. The number of rotatable bonds is 8. The lowest BCUT2D eigenvalue weighted by atomic mass is 10.2. The molecule has 1 N–H and O–H groups in total. The molecule has 8 heteroatoms. The van der Waals surface area contributed by atoms with Gasteiger partial charge in [-0.3, -0.25) is 9.10 Å². The minimum Gasteiger partial charge on any atom is -0.476 e. The average molecular weight is 441 g/mol. The van der Waals surface area contributed by atoms with Gasteiger partial charge in [-0.1, -0.05) is 42.5 Å². The molecule has 0 fully saturated rings. The zero-order valence-corrected chi connectivity index (χ0v) is 17.8. The van der Waals surface area contributed by atoms with E-state index in [9.17, 15) is 13.2 Å². The number of sulfonamides is 1. The largest absolute Gasteiger partial charge is 0.476 e. The Bertz CT molecular complexity index is 1110. The Kier molecular flexibility index (Phi) is 6.27. The van der Waals surface area contributed by atoms with Crippen LogP contribution in [0.2, 0.25) is 0 Å². The molecule has 162 valence electrons. The maximum Gasteiger partial charge on any atom is 0.263 e. The van der Waals surface area contributed by atoms with Gasteiger partial charge in [0.15, 0.2) is 6.10 Å². The molecule has 3 aromatic rings. The van der Waals surface area contributed by atoms with Crippen LogP contribution in [0, 0.1) is 0 Å². The molecule has 0 radical (unpaired) electrons. The van der Waals surface area contributed by atoms with Crippen LogP contribution in [0.25, 0.3) is 0 Å². The smallest absolute Gasteiger partial charge is 0.263 e. The van der Waals surface area contributed by atoms with E-state index in [1.54, 1.807) is 54.8 Å². The fraction of sp³-hybridized carbons (Fsp3) is 0.261. The molecule has 2 heterocycles. The highest BCUT2D eigenvalue weighted by atomic mass is 32.2. The molecule has 1 amide bonds. The summed E-state index contributed by atoms with van der Waals surface area (Å²) in [7, 11) is -3.71. The number of carbonyl (C=O) groups is 1. The summed E-state index contributed by atoms with van der Waals surface area (Å²) in [6.07, 6.45) is 2.10.